The average molecular weight is 427 g/mol. The largest absolute Gasteiger partial charge is 0.453 e. The first kappa shape index (κ1) is 22.1. The molecule has 0 aliphatic heterocycles. The Morgan fingerprint density at radius 2 is 1.97 bits per heavy atom. The number of hydrogen-bond donors (Lipinski definition) is 4. The molecular weight excluding hydrogens is 402 g/mol. The zero-order valence-electron chi connectivity index (χ0n) is 17.3. The number of aromatic amines is 2. The summed E-state index contributed by atoms with van der Waals surface area (Å²) >= 11 is 0. The van der Waals surface area contributed by atoms with Crippen molar-refractivity contribution in [1.29, 1.82) is 5.26 Å². The fourth-order valence-corrected chi connectivity index (χ4v) is 3.92. The second-order valence-corrected chi connectivity index (χ2v) is 7.90. The van der Waals surface area contributed by atoms with Crippen LogP contribution in [0.5, 0.6) is 0 Å². The number of hydrogen-bond acceptors (Lipinski definition) is 6. The smallest absolute Gasteiger partial charge is 0.325 e. The van der Waals surface area contributed by atoms with Crippen molar-refractivity contribution in [2.75, 3.05) is 6.54 Å². The molecule has 164 valence electrons. The zero-order chi connectivity index (χ0) is 22.4. The first-order valence-corrected chi connectivity index (χ1v) is 10.2. The molecule has 1 aliphatic carbocycles. The third kappa shape index (κ3) is 5.51. The second kappa shape index (κ2) is 9.47. The Kier molecular flexibility index (Phi) is 6.74. The molecule has 1 aliphatic rings. The highest BCUT2D eigenvalue weighted by Crippen LogP contribution is 2.28. The molecule has 0 saturated heterocycles. The summed E-state index contributed by atoms with van der Waals surface area (Å²) in [7, 11) is 0. The third-order valence-electron chi connectivity index (χ3n) is 5.64. The van der Waals surface area contributed by atoms with Crippen molar-refractivity contribution >= 4 is 11.8 Å². The fraction of sp³-hybridized carbons (Fsp3) is 0.476. The number of rotatable bonds is 7. The van der Waals surface area contributed by atoms with E-state index in [0.717, 1.165) is 32.1 Å². The van der Waals surface area contributed by atoms with E-state index in [-0.39, 0.29) is 42.5 Å². The van der Waals surface area contributed by atoms with Gasteiger partial charge in [0, 0.05) is 30.3 Å². The van der Waals surface area contributed by atoms with Gasteiger partial charge in [0.25, 0.3) is 11.5 Å². The first-order valence-electron chi connectivity index (χ1n) is 10.2. The highest BCUT2D eigenvalue weighted by molar-refractivity contribution is 5.94. The number of carbonyl (C=O) groups excluding carboxylic acids is 2. The first-order chi connectivity index (χ1) is 14.8. The van der Waals surface area contributed by atoms with Crippen molar-refractivity contribution in [3.8, 4) is 6.07 Å². The Bertz CT molecular complexity index is 1110. The minimum Gasteiger partial charge on any atom is -0.453 e. The Hall–Kier alpha value is -3.61. The molecule has 0 radical (unpaired) electrons. The van der Waals surface area contributed by atoms with Gasteiger partial charge in [0.15, 0.2) is 0 Å². The molecule has 0 bridgehead atoms. The summed E-state index contributed by atoms with van der Waals surface area (Å²) in [4.78, 5) is 53.0. The van der Waals surface area contributed by atoms with Crippen LogP contribution < -0.4 is 21.9 Å². The van der Waals surface area contributed by atoms with Gasteiger partial charge in [-0.1, -0.05) is 19.3 Å². The monoisotopic (exact) mass is 427 g/mol. The molecule has 0 unspecified atom stereocenters. The maximum absolute atomic E-state index is 12.6. The van der Waals surface area contributed by atoms with Crippen LogP contribution in [0.2, 0.25) is 0 Å². The molecule has 2 aromatic rings. The molecule has 0 atom stereocenters. The van der Waals surface area contributed by atoms with Gasteiger partial charge in [-0.2, -0.15) is 5.26 Å². The molecule has 0 spiro atoms. The average Bonchev–Trinajstić information content (AvgIpc) is 3.22. The SMILES string of the molecule is Cc1[nH]c(=O)[nH]c(=O)c1CCC(=O)NCC1(NC(=O)c2coc(C#N)c2)CCCCC1. The van der Waals surface area contributed by atoms with Crippen LogP contribution in [0, 0.1) is 18.3 Å². The topological polar surface area (TPSA) is 161 Å². The summed E-state index contributed by atoms with van der Waals surface area (Å²) in [6, 6.07) is 3.23. The molecule has 2 aromatic heterocycles. The van der Waals surface area contributed by atoms with Crippen LogP contribution in [0.4, 0.5) is 0 Å². The fourth-order valence-electron chi connectivity index (χ4n) is 3.92. The van der Waals surface area contributed by atoms with Crippen LogP contribution in [0.1, 0.15) is 65.9 Å². The van der Waals surface area contributed by atoms with Gasteiger partial charge >= 0.3 is 5.69 Å². The predicted octanol–water partition coefficient (Wildman–Crippen LogP) is 1.02. The predicted molar refractivity (Wildman–Crippen MR) is 110 cm³/mol. The minimum absolute atomic E-state index is 0.0590. The zero-order valence-corrected chi connectivity index (χ0v) is 17.3. The molecule has 10 heteroatoms. The van der Waals surface area contributed by atoms with E-state index in [1.165, 1.54) is 12.3 Å². The Labute approximate surface area is 178 Å². The van der Waals surface area contributed by atoms with E-state index < -0.39 is 16.8 Å². The molecule has 2 amide bonds. The van der Waals surface area contributed by atoms with Crippen LogP contribution in [0.3, 0.4) is 0 Å². The van der Waals surface area contributed by atoms with E-state index in [1.54, 1.807) is 6.92 Å². The molecule has 1 saturated carbocycles. The van der Waals surface area contributed by atoms with Crippen LogP contribution >= 0.6 is 0 Å². The summed E-state index contributed by atoms with van der Waals surface area (Å²) in [6.07, 6.45) is 5.87. The molecular formula is C21H25N5O5. The van der Waals surface area contributed by atoms with E-state index in [0.29, 0.717) is 11.3 Å². The highest BCUT2D eigenvalue weighted by atomic mass is 16.3. The van der Waals surface area contributed by atoms with Crippen LogP contribution in [-0.4, -0.2) is 33.9 Å². The third-order valence-corrected chi connectivity index (χ3v) is 5.64. The lowest BCUT2D eigenvalue weighted by Crippen LogP contribution is -2.56. The van der Waals surface area contributed by atoms with Gasteiger partial charge < -0.3 is 20.0 Å². The van der Waals surface area contributed by atoms with Crippen molar-refractivity contribution < 1.29 is 14.0 Å². The Morgan fingerprint density at radius 1 is 1.23 bits per heavy atom. The van der Waals surface area contributed by atoms with Crippen molar-refractivity contribution in [2.45, 2.75) is 57.4 Å². The van der Waals surface area contributed by atoms with Crippen molar-refractivity contribution in [1.82, 2.24) is 20.6 Å². The molecule has 2 heterocycles. The lowest BCUT2D eigenvalue weighted by molar-refractivity contribution is -0.121. The number of aryl methyl sites for hydroxylation is 1. The summed E-state index contributed by atoms with van der Waals surface area (Å²) in [6.45, 7) is 1.88. The van der Waals surface area contributed by atoms with Crippen LogP contribution in [0.15, 0.2) is 26.3 Å². The lowest BCUT2D eigenvalue weighted by Gasteiger charge is -2.38. The quantitative estimate of drug-likeness (QED) is 0.516. The summed E-state index contributed by atoms with van der Waals surface area (Å²) in [5.41, 5.74) is -0.591. The van der Waals surface area contributed by atoms with E-state index in [9.17, 15) is 19.2 Å². The summed E-state index contributed by atoms with van der Waals surface area (Å²) in [5, 5.41) is 14.8. The molecule has 10 nitrogen and oxygen atoms in total. The summed E-state index contributed by atoms with van der Waals surface area (Å²) in [5.74, 6) is -0.542. The van der Waals surface area contributed by atoms with Gasteiger partial charge in [0.05, 0.1) is 11.1 Å². The standard InChI is InChI=1S/C21H25N5O5/c1-13-16(19(29)25-20(30)24-13)5-6-17(27)23-12-21(7-3-2-4-8-21)26-18(28)14-9-15(10-22)31-11-14/h9,11H,2-8,12H2,1H3,(H,23,27)(H,26,28)(H2,24,25,29,30). The molecule has 31 heavy (non-hydrogen) atoms. The number of furan rings is 1. The van der Waals surface area contributed by atoms with E-state index >= 15 is 0 Å². The van der Waals surface area contributed by atoms with Gasteiger partial charge in [0.2, 0.25) is 11.7 Å². The highest BCUT2D eigenvalue weighted by Gasteiger charge is 2.34. The van der Waals surface area contributed by atoms with Gasteiger partial charge in [-0.15, -0.1) is 0 Å². The second-order valence-electron chi connectivity index (χ2n) is 7.90. The van der Waals surface area contributed by atoms with E-state index in [2.05, 4.69) is 20.6 Å². The lowest BCUT2D eigenvalue weighted by atomic mass is 9.81. The maximum Gasteiger partial charge on any atom is 0.325 e. The molecule has 1 fully saturated rings. The molecule has 0 aromatic carbocycles. The Balaban J connectivity index is 1.61. The summed E-state index contributed by atoms with van der Waals surface area (Å²) < 4.78 is 5.01. The van der Waals surface area contributed by atoms with Crippen molar-refractivity contribution in [3.63, 3.8) is 0 Å². The molecule has 4 N–H and O–H groups in total. The Morgan fingerprint density at radius 3 is 2.61 bits per heavy atom. The van der Waals surface area contributed by atoms with Gasteiger partial charge in [0.1, 0.15) is 12.3 Å². The number of nitrogens with one attached hydrogen (secondary N) is 4. The van der Waals surface area contributed by atoms with E-state index in [4.69, 9.17) is 9.68 Å². The minimum atomic E-state index is -0.583. The maximum atomic E-state index is 12.6. The molecule has 3 rings (SSSR count). The normalized spacial score (nSPS) is 15.1. The number of H-pyrrole nitrogens is 2. The number of nitriles is 1. The van der Waals surface area contributed by atoms with Gasteiger partial charge in [-0.3, -0.25) is 19.4 Å². The number of aromatic nitrogens is 2. The number of carbonyl (C=O) groups is 2. The van der Waals surface area contributed by atoms with Crippen molar-refractivity contribution in [2.24, 2.45) is 0 Å². The number of nitrogens with zero attached hydrogens (tertiary/aromatic N) is 1. The van der Waals surface area contributed by atoms with Gasteiger partial charge in [-0.05, 0) is 26.2 Å². The van der Waals surface area contributed by atoms with Crippen molar-refractivity contribution in [3.05, 3.63) is 55.7 Å². The van der Waals surface area contributed by atoms with Crippen LogP contribution in [-0.2, 0) is 11.2 Å². The van der Waals surface area contributed by atoms with E-state index in [1.807, 2.05) is 6.07 Å². The van der Waals surface area contributed by atoms with Gasteiger partial charge in [-0.25, -0.2) is 4.79 Å². The van der Waals surface area contributed by atoms with Crippen LogP contribution in [0.25, 0.3) is 0 Å². The number of amides is 2.